The van der Waals surface area contributed by atoms with Gasteiger partial charge in [0.1, 0.15) is 13.2 Å². The highest BCUT2D eigenvalue weighted by molar-refractivity contribution is 6.03. The maximum atomic E-state index is 11.9. The predicted molar refractivity (Wildman–Crippen MR) is 70.0 cm³/mol. The number of hydrogen-bond donors (Lipinski definition) is 1. The number of para-hydroxylation sites is 1. The van der Waals surface area contributed by atoms with Gasteiger partial charge in [-0.25, -0.2) is 0 Å². The summed E-state index contributed by atoms with van der Waals surface area (Å²) in [6, 6.07) is 6.21. The Hall–Kier alpha value is -2.09. The van der Waals surface area contributed by atoms with Gasteiger partial charge in [0.15, 0.2) is 0 Å². The predicted octanol–water partition coefficient (Wildman–Crippen LogP) is 1.91. The van der Waals surface area contributed by atoms with Crippen molar-refractivity contribution in [1.29, 1.82) is 0 Å². The zero-order valence-electron chi connectivity index (χ0n) is 11.5. The largest absolute Gasteiger partial charge is 0.411 e. The Kier molecular flexibility index (Phi) is 5.71. The summed E-state index contributed by atoms with van der Waals surface area (Å²) in [4.78, 5) is 24.7. The molecule has 0 aliphatic carbocycles. The number of benzene rings is 1. The molecule has 1 aromatic carbocycles. The monoisotopic (exact) mass is 304 g/mol. The van der Waals surface area contributed by atoms with E-state index in [0.717, 1.165) is 0 Å². The Morgan fingerprint density at radius 1 is 1.24 bits per heavy atom. The molecule has 0 radical (unpaired) electrons. The van der Waals surface area contributed by atoms with Gasteiger partial charge < -0.3 is 15.0 Å². The minimum absolute atomic E-state index is 0.219. The number of amides is 2. The summed E-state index contributed by atoms with van der Waals surface area (Å²) < 4.78 is 39.9. The zero-order chi connectivity index (χ0) is 16.0. The standard InChI is InChI=1S/C13H15F3N2O3/c1-18(2)12(20)9-5-3-4-6-10(9)17-11(19)7-21-8-13(14,15)16/h3-6H,7-8H2,1-2H3,(H,17,19). The maximum absolute atomic E-state index is 11.9. The molecule has 0 fully saturated rings. The van der Waals surface area contributed by atoms with Crippen molar-refractivity contribution in [3.05, 3.63) is 29.8 Å². The van der Waals surface area contributed by atoms with Crippen molar-refractivity contribution in [2.75, 3.05) is 32.6 Å². The molecule has 1 N–H and O–H groups in total. The SMILES string of the molecule is CN(C)C(=O)c1ccccc1NC(=O)COCC(F)(F)F. The fraction of sp³-hybridized carbons (Fsp3) is 0.385. The number of rotatable bonds is 5. The molecule has 0 saturated heterocycles. The maximum Gasteiger partial charge on any atom is 0.411 e. The summed E-state index contributed by atoms with van der Waals surface area (Å²) in [7, 11) is 3.10. The second kappa shape index (κ2) is 7.07. The number of alkyl halides is 3. The van der Waals surface area contributed by atoms with E-state index in [2.05, 4.69) is 10.1 Å². The van der Waals surface area contributed by atoms with Gasteiger partial charge in [-0.2, -0.15) is 13.2 Å². The summed E-state index contributed by atoms with van der Waals surface area (Å²) in [5.74, 6) is -1.10. The highest BCUT2D eigenvalue weighted by Gasteiger charge is 2.27. The van der Waals surface area contributed by atoms with Crippen LogP contribution in [-0.2, 0) is 9.53 Å². The van der Waals surface area contributed by atoms with Gasteiger partial charge in [-0.15, -0.1) is 0 Å². The average molecular weight is 304 g/mol. The van der Waals surface area contributed by atoms with E-state index in [9.17, 15) is 22.8 Å². The number of nitrogens with one attached hydrogen (secondary N) is 1. The molecule has 21 heavy (non-hydrogen) atoms. The third-order valence-electron chi connectivity index (χ3n) is 2.34. The molecule has 0 aliphatic rings. The number of ether oxygens (including phenoxy) is 1. The van der Waals surface area contributed by atoms with E-state index < -0.39 is 25.3 Å². The zero-order valence-corrected chi connectivity index (χ0v) is 11.5. The minimum Gasteiger partial charge on any atom is -0.362 e. The first-order valence-corrected chi connectivity index (χ1v) is 5.96. The molecule has 5 nitrogen and oxygen atoms in total. The van der Waals surface area contributed by atoms with Gasteiger partial charge in [-0.3, -0.25) is 9.59 Å². The summed E-state index contributed by atoms with van der Waals surface area (Å²) in [5.41, 5.74) is 0.462. The Morgan fingerprint density at radius 2 is 1.86 bits per heavy atom. The Morgan fingerprint density at radius 3 is 2.43 bits per heavy atom. The molecule has 0 spiro atoms. The van der Waals surface area contributed by atoms with Crippen LogP contribution >= 0.6 is 0 Å². The van der Waals surface area contributed by atoms with Crippen LogP contribution in [-0.4, -0.2) is 50.2 Å². The summed E-state index contributed by atoms with van der Waals surface area (Å²) in [6.07, 6.45) is -4.49. The number of halogens is 3. The number of hydrogen-bond acceptors (Lipinski definition) is 3. The van der Waals surface area contributed by atoms with Crippen LogP contribution in [0.5, 0.6) is 0 Å². The number of nitrogens with zero attached hydrogens (tertiary/aromatic N) is 1. The lowest BCUT2D eigenvalue weighted by Gasteiger charge is -2.14. The Bertz CT molecular complexity index is 516. The third kappa shape index (κ3) is 5.82. The fourth-order valence-corrected chi connectivity index (χ4v) is 1.47. The van der Waals surface area contributed by atoms with Crippen molar-refractivity contribution < 1.29 is 27.5 Å². The van der Waals surface area contributed by atoms with Gasteiger partial charge in [-0.1, -0.05) is 12.1 Å². The first-order chi connectivity index (χ1) is 9.70. The smallest absolute Gasteiger partial charge is 0.362 e. The van der Waals surface area contributed by atoms with Crippen LogP contribution in [0.1, 0.15) is 10.4 Å². The van der Waals surface area contributed by atoms with E-state index in [1.165, 1.54) is 17.0 Å². The lowest BCUT2D eigenvalue weighted by atomic mass is 10.1. The van der Waals surface area contributed by atoms with E-state index in [-0.39, 0.29) is 17.2 Å². The number of carbonyl (C=O) groups excluding carboxylic acids is 2. The van der Waals surface area contributed by atoms with Crippen LogP contribution in [0.2, 0.25) is 0 Å². The molecule has 8 heteroatoms. The Labute approximate surface area is 119 Å². The topological polar surface area (TPSA) is 58.6 Å². The molecule has 0 aromatic heterocycles. The van der Waals surface area contributed by atoms with Crippen LogP contribution in [0.3, 0.4) is 0 Å². The highest BCUT2D eigenvalue weighted by atomic mass is 19.4. The lowest BCUT2D eigenvalue weighted by molar-refractivity contribution is -0.174. The molecule has 0 unspecified atom stereocenters. The van der Waals surface area contributed by atoms with Crippen LogP contribution in [0.4, 0.5) is 18.9 Å². The molecular weight excluding hydrogens is 289 g/mol. The van der Waals surface area contributed by atoms with Crippen LogP contribution in [0.15, 0.2) is 24.3 Å². The van der Waals surface area contributed by atoms with E-state index in [4.69, 9.17) is 0 Å². The second-order valence-electron chi connectivity index (χ2n) is 4.40. The molecule has 1 aromatic rings. The van der Waals surface area contributed by atoms with Gasteiger partial charge in [0.2, 0.25) is 5.91 Å². The van der Waals surface area contributed by atoms with Crippen molar-refractivity contribution in [2.24, 2.45) is 0 Å². The fourth-order valence-electron chi connectivity index (χ4n) is 1.47. The van der Waals surface area contributed by atoms with Gasteiger partial charge in [0, 0.05) is 14.1 Å². The molecule has 1 rings (SSSR count). The van der Waals surface area contributed by atoms with E-state index in [1.807, 2.05) is 0 Å². The van der Waals surface area contributed by atoms with E-state index in [0.29, 0.717) is 0 Å². The minimum atomic E-state index is -4.49. The number of carbonyl (C=O) groups is 2. The van der Waals surface area contributed by atoms with E-state index >= 15 is 0 Å². The quantitative estimate of drug-likeness (QED) is 0.904. The summed E-state index contributed by atoms with van der Waals surface area (Å²) >= 11 is 0. The van der Waals surface area contributed by atoms with Crippen molar-refractivity contribution in [1.82, 2.24) is 4.90 Å². The second-order valence-corrected chi connectivity index (χ2v) is 4.40. The van der Waals surface area contributed by atoms with E-state index in [1.54, 1.807) is 26.2 Å². The highest BCUT2D eigenvalue weighted by Crippen LogP contribution is 2.17. The van der Waals surface area contributed by atoms with Crippen molar-refractivity contribution in [3.63, 3.8) is 0 Å². The molecular formula is C13H15F3N2O3. The molecule has 116 valence electrons. The van der Waals surface area contributed by atoms with Gasteiger partial charge in [0.25, 0.3) is 5.91 Å². The molecule has 0 saturated carbocycles. The molecule has 0 aliphatic heterocycles. The van der Waals surface area contributed by atoms with Crippen LogP contribution in [0, 0.1) is 0 Å². The normalized spacial score (nSPS) is 11.1. The molecule has 0 bridgehead atoms. The van der Waals surface area contributed by atoms with Crippen LogP contribution in [0.25, 0.3) is 0 Å². The van der Waals surface area contributed by atoms with Crippen molar-refractivity contribution in [2.45, 2.75) is 6.18 Å². The van der Waals surface area contributed by atoms with Gasteiger partial charge in [0.05, 0.1) is 11.3 Å². The first kappa shape index (κ1) is 17.0. The van der Waals surface area contributed by atoms with Gasteiger partial charge in [-0.05, 0) is 12.1 Å². The summed E-state index contributed by atoms with van der Waals surface area (Å²) in [5, 5.41) is 2.35. The third-order valence-corrected chi connectivity index (χ3v) is 2.34. The Balaban J connectivity index is 2.66. The van der Waals surface area contributed by atoms with Gasteiger partial charge >= 0.3 is 6.18 Å². The van der Waals surface area contributed by atoms with Crippen molar-refractivity contribution in [3.8, 4) is 0 Å². The molecule has 0 atom stereocenters. The molecule has 0 heterocycles. The molecule has 2 amide bonds. The van der Waals surface area contributed by atoms with Crippen molar-refractivity contribution >= 4 is 17.5 Å². The number of anilines is 1. The average Bonchev–Trinajstić information content (AvgIpc) is 2.36. The lowest BCUT2D eigenvalue weighted by Crippen LogP contribution is -2.26. The summed E-state index contributed by atoms with van der Waals surface area (Å²) in [6.45, 7) is -2.25. The first-order valence-electron chi connectivity index (χ1n) is 5.96. The van der Waals surface area contributed by atoms with Crippen LogP contribution < -0.4 is 5.32 Å².